The van der Waals surface area contributed by atoms with Crippen LogP contribution in [0.1, 0.15) is 43.2 Å². The maximum atomic E-state index is 12.1. The third-order valence-electron chi connectivity index (χ3n) is 5.90. The molecule has 1 atom stereocenters. The van der Waals surface area contributed by atoms with Crippen LogP contribution in [0.2, 0.25) is 0 Å². The number of methoxy groups -OCH3 is 2. The molecule has 0 amide bonds. The van der Waals surface area contributed by atoms with Gasteiger partial charge in [0.05, 0.1) is 25.2 Å². The molecular formula is C18H24BrNO3. The molecule has 23 heavy (non-hydrogen) atoms. The number of esters is 1. The summed E-state index contributed by atoms with van der Waals surface area (Å²) in [4.78, 5) is 12.1. The van der Waals surface area contributed by atoms with Gasteiger partial charge < -0.3 is 15.2 Å². The number of nitrogens with two attached hydrogens (primary N) is 1. The van der Waals surface area contributed by atoms with Crippen LogP contribution >= 0.6 is 15.9 Å². The molecule has 0 unspecified atom stereocenters. The Bertz CT molecular complexity index is 610. The lowest BCUT2D eigenvalue weighted by Gasteiger charge is -2.47. The van der Waals surface area contributed by atoms with Gasteiger partial charge in [0.2, 0.25) is 0 Å². The van der Waals surface area contributed by atoms with Gasteiger partial charge in [-0.05, 0) is 60.8 Å². The molecule has 0 saturated heterocycles. The molecule has 1 aromatic rings. The lowest BCUT2D eigenvalue weighted by Crippen LogP contribution is -2.53. The van der Waals surface area contributed by atoms with Gasteiger partial charge in [-0.25, -0.2) is 0 Å². The molecule has 0 bridgehead atoms. The molecule has 5 heteroatoms. The van der Waals surface area contributed by atoms with Gasteiger partial charge in [0, 0.05) is 11.6 Å². The topological polar surface area (TPSA) is 61.5 Å². The number of hydrogen-bond donors (Lipinski definition) is 1. The molecule has 2 aliphatic rings. The predicted molar refractivity (Wildman–Crippen MR) is 92.0 cm³/mol. The summed E-state index contributed by atoms with van der Waals surface area (Å²) in [6.07, 6.45) is 5.40. The van der Waals surface area contributed by atoms with Crippen molar-refractivity contribution in [1.29, 1.82) is 0 Å². The Hall–Kier alpha value is -0.910. The second-order valence-electron chi connectivity index (χ2n) is 6.92. The number of ether oxygens (including phenoxy) is 2. The normalized spacial score (nSPS) is 32.8. The average Bonchev–Trinajstić information content (AvgIpc) is 2.77. The van der Waals surface area contributed by atoms with Crippen molar-refractivity contribution in [3.05, 3.63) is 33.8 Å². The largest absolute Gasteiger partial charge is 0.469 e. The van der Waals surface area contributed by atoms with Crippen molar-refractivity contribution in [2.45, 2.75) is 50.2 Å². The fraction of sp³-hybridized carbons (Fsp3) is 0.611. The highest BCUT2D eigenvalue weighted by atomic mass is 79.9. The van der Waals surface area contributed by atoms with Crippen LogP contribution in [0.3, 0.4) is 0 Å². The van der Waals surface area contributed by atoms with E-state index in [-0.39, 0.29) is 17.8 Å². The minimum Gasteiger partial charge on any atom is -0.469 e. The number of carbonyl (C=O) groups excluding carboxylic acids is 1. The Balaban J connectivity index is 2.01. The standard InChI is InChI=1S/C18H24BrNO3/c1-22-14-5-7-17(8-6-14)10-12-3-4-13(19)9-15(12)18(17,20)11-16(21)23-2/h3-4,9,14H,5-8,10-11,20H2,1-2H3/t14?,17?,18-/m0/s1. The van der Waals surface area contributed by atoms with Crippen molar-refractivity contribution < 1.29 is 14.3 Å². The zero-order valence-electron chi connectivity index (χ0n) is 13.7. The minimum absolute atomic E-state index is 0.0840. The molecule has 1 spiro atoms. The minimum atomic E-state index is -0.669. The van der Waals surface area contributed by atoms with Crippen LogP contribution in [-0.2, 0) is 26.2 Å². The van der Waals surface area contributed by atoms with E-state index >= 15 is 0 Å². The van der Waals surface area contributed by atoms with Gasteiger partial charge in [-0.1, -0.05) is 22.0 Å². The number of fused-ring (bicyclic) bond motifs is 1. The summed E-state index contributed by atoms with van der Waals surface area (Å²) in [5.74, 6) is -0.242. The molecule has 2 aliphatic carbocycles. The zero-order chi connectivity index (χ0) is 16.7. The number of halogens is 1. The number of carbonyl (C=O) groups is 1. The maximum absolute atomic E-state index is 12.1. The van der Waals surface area contributed by atoms with Crippen LogP contribution in [0.4, 0.5) is 0 Å². The Morgan fingerprint density at radius 2 is 2.04 bits per heavy atom. The highest BCUT2D eigenvalue weighted by Crippen LogP contribution is 2.58. The van der Waals surface area contributed by atoms with E-state index in [0.717, 1.165) is 42.1 Å². The molecule has 0 aromatic heterocycles. The first-order chi connectivity index (χ1) is 10.9. The van der Waals surface area contributed by atoms with Crippen molar-refractivity contribution in [2.75, 3.05) is 14.2 Å². The number of benzene rings is 1. The second-order valence-corrected chi connectivity index (χ2v) is 7.83. The van der Waals surface area contributed by atoms with Crippen LogP contribution in [-0.4, -0.2) is 26.3 Å². The summed E-state index contributed by atoms with van der Waals surface area (Å²) < 4.78 is 11.5. The van der Waals surface area contributed by atoms with Gasteiger partial charge in [-0.15, -0.1) is 0 Å². The van der Waals surface area contributed by atoms with Gasteiger partial charge in [0.25, 0.3) is 0 Å². The Morgan fingerprint density at radius 3 is 2.65 bits per heavy atom. The molecular weight excluding hydrogens is 358 g/mol. The van der Waals surface area contributed by atoms with E-state index in [1.807, 2.05) is 0 Å². The smallest absolute Gasteiger partial charge is 0.307 e. The van der Waals surface area contributed by atoms with Crippen molar-refractivity contribution in [3.63, 3.8) is 0 Å². The monoisotopic (exact) mass is 381 g/mol. The lowest BCUT2D eigenvalue weighted by molar-refractivity contribution is -0.144. The van der Waals surface area contributed by atoms with Gasteiger partial charge in [0.1, 0.15) is 0 Å². The zero-order valence-corrected chi connectivity index (χ0v) is 15.3. The van der Waals surface area contributed by atoms with Crippen molar-refractivity contribution in [3.8, 4) is 0 Å². The summed E-state index contributed by atoms with van der Waals surface area (Å²) in [5.41, 5.74) is 8.55. The summed E-state index contributed by atoms with van der Waals surface area (Å²) >= 11 is 3.54. The van der Waals surface area contributed by atoms with Crippen LogP contribution in [0.15, 0.2) is 22.7 Å². The van der Waals surface area contributed by atoms with Crippen molar-refractivity contribution in [1.82, 2.24) is 0 Å². The first-order valence-electron chi connectivity index (χ1n) is 8.11. The fourth-order valence-electron chi connectivity index (χ4n) is 4.51. The van der Waals surface area contributed by atoms with E-state index in [1.165, 1.54) is 12.7 Å². The average molecular weight is 382 g/mol. The molecule has 4 nitrogen and oxygen atoms in total. The van der Waals surface area contributed by atoms with Crippen molar-refractivity contribution in [2.24, 2.45) is 11.1 Å². The summed E-state index contributed by atoms with van der Waals surface area (Å²) in [7, 11) is 3.20. The molecule has 1 fully saturated rings. The van der Waals surface area contributed by atoms with E-state index < -0.39 is 5.54 Å². The highest BCUT2D eigenvalue weighted by Gasteiger charge is 2.57. The highest BCUT2D eigenvalue weighted by molar-refractivity contribution is 9.10. The van der Waals surface area contributed by atoms with Crippen LogP contribution in [0.5, 0.6) is 0 Å². The van der Waals surface area contributed by atoms with Crippen molar-refractivity contribution >= 4 is 21.9 Å². The van der Waals surface area contributed by atoms with E-state index in [2.05, 4.69) is 34.1 Å². The predicted octanol–water partition coefficient (Wildman–Crippen LogP) is 3.30. The Kier molecular flexibility index (Phi) is 4.55. The maximum Gasteiger partial charge on any atom is 0.307 e. The Morgan fingerprint density at radius 1 is 1.35 bits per heavy atom. The summed E-state index contributed by atoms with van der Waals surface area (Å²) in [5, 5.41) is 0. The lowest BCUT2D eigenvalue weighted by atomic mass is 9.60. The van der Waals surface area contributed by atoms with Crippen LogP contribution < -0.4 is 5.73 Å². The quantitative estimate of drug-likeness (QED) is 0.815. The van der Waals surface area contributed by atoms with E-state index in [4.69, 9.17) is 15.2 Å². The first-order valence-corrected chi connectivity index (χ1v) is 8.91. The molecule has 126 valence electrons. The second kappa shape index (κ2) is 6.19. The first kappa shape index (κ1) is 16.9. The Labute approximate surface area is 145 Å². The van der Waals surface area contributed by atoms with Gasteiger partial charge in [-0.2, -0.15) is 0 Å². The third kappa shape index (κ3) is 2.73. The molecule has 2 N–H and O–H groups in total. The SMILES string of the molecule is COC(=O)C[C@]1(N)c2cc(Br)ccc2CC12CCC(OC)CC2. The number of rotatable bonds is 3. The van der Waals surface area contributed by atoms with E-state index in [0.29, 0.717) is 6.10 Å². The van der Waals surface area contributed by atoms with E-state index in [9.17, 15) is 4.79 Å². The third-order valence-corrected chi connectivity index (χ3v) is 6.39. The molecule has 3 rings (SSSR count). The van der Waals surface area contributed by atoms with E-state index in [1.54, 1.807) is 7.11 Å². The fourth-order valence-corrected chi connectivity index (χ4v) is 4.87. The van der Waals surface area contributed by atoms with Gasteiger partial charge in [-0.3, -0.25) is 4.79 Å². The van der Waals surface area contributed by atoms with Crippen LogP contribution in [0.25, 0.3) is 0 Å². The van der Waals surface area contributed by atoms with Gasteiger partial charge in [0.15, 0.2) is 0 Å². The number of hydrogen-bond acceptors (Lipinski definition) is 4. The summed E-state index contributed by atoms with van der Waals surface area (Å²) in [6.45, 7) is 0. The molecule has 1 saturated carbocycles. The van der Waals surface area contributed by atoms with Gasteiger partial charge >= 0.3 is 5.97 Å². The molecule has 0 radical (unpaired) electrons. The van der Waals surface area contributed by atoms with Crippen LogP contribution in [0, 0.1) is 5.41 Å². The molecule has 1 aromatic carbocycles. The molecule has 0 heterocycles. The summed E-state index contributed by atoms with van der Waals surface area (Å²) in [6, 6.07) is 6.27. The molecule has 0 aliphatic heterocycles.